The highest BCUT2D eigenvalue weighted by Crippen LogP contribution is 2.29. The summed E-state index contributed by atoms with van der Waals surface area (Å²) in [5, 5.41) is 0. The predicted octanol–water partition coefficient (Wildman–Crippen LogP) is 3.42. The van der Waals surface area contributed by atoms with Gasteiger partial charge in [0.15, 0.2) is 0 Å². The molecular formula is C14H18BrNO2. The van der Waals surface area contributed by atoms with Crippen LogP contribution in [0, 0.1) is 0 Å². The first-order chi connectivity index (χ1) is 8.37. The summed E-state index contributed by atoms with van der Waals surface area (Å²) in [4.78, 5) is 14.0. The molecule has 0 aromatic rings. The Kier molecular flexibility index (Phi) is 3.66. The van der Waals surface area contributed by atoms with Crippen molar-refractivity contribution < 1.29 is 9.53 Å². The zero-order valence-electron chi connectivity index (χ0n) is 10.9. The third kappa shape index (κ3) is 3.05. The van der Waals surface area contributed by atoms with Gasteiger partial charge in [-0.2, -0.15) is 0 Å². The van der Waals surface area contributed by atoms with Gasteiger partial charge in [0.25, 0.3) is 0 Å². The smallest absolute Gasteiger partial charge is 0.410 e. The first-order valence-corrected chi connectivity index (χ1v) is 6.98. The van der Waals surface area contributed by atoms with Crippen molar-refractivity contribution in [1.82, 2.24) is 4.90 Å². The summed E-state index contributed by atoms with van der Waals surface area (Å²) in [7, 11) is 0. The lowest BCUT2D eigenvalue weighted by atomic mass is 9.95. The lowest BCUT2D eigenvalue weighted by Gasteiger charge is -2.32. The molecule has 0 saturated carbocycles. The van der Waals surface area contributed by atoms with Crippen molar-refractivity contribution in [3.05, 3.63) is 35.5 Å². The number of alkyl halides is 1. The summed E-state index contributed by atoms with van der Waals surface area (Å²) in [6.07, 6.45) is 8.00. The molecule has 1 aliphatic heterocycles. The molecule has 0 bridgehead atoms. The summed E-state index contributed by atoms with van der Waals surface area (Å²) in [5.74, 6) is 0. The molecule has 2 rings (SSSR count). The Bertz CT molecular complexity index is 443. The molecule has 1 amide bonds. The van der Waals surface area contributed by atoms with Gasteiger partial charge in [-0.25, -0.2) is 4.79 Å². The highest BCUT2D eigenvalue weighted by Gasteiger charge is 2.27. The van der Waals surface area contributed by atoms with Crippen LogP contribution < -0.4 is 0 Å². The maximum atomic E-state index is 12.0. The summed E-state index contributed by atoms with van der Waals surface area (Å²) >= 11 is 3.61. The van der Waals surface area contributed by atoms with E-state index in [9.17, 15) is 4.79 Å². The predicted molar refractivity (Wildman–Crippen MR) is 75.8 cm³/mol. The summed E-state index contributed by atoms with van der Waals surface area (Å²) in [5.41, 5.74) is 1.99. The second-order valence-electron chi connectivity index (χ2n) is 5.50. The van der Waals surface area contributed by atoms with Crippen molar-refractivity contribution in [2.75, 3.05) is 13.1 Å². The number of fused-ring (bicyclic) bond motifs is 1. The van der Waals surface area contributed by atoms with Gasteiger partial charge in [0.05, 0.1) is 4.83 Å². The Balaban J connectivity index is 2.08. The van der Waals surface area contributed by atoms with Crippen molar-refractivity contribution in [2.24, 2.45) is 0 Å². The van der Waals surface area contributed by atoms with Crippen LogP contribution in [0.4, 0.5) is 4.79 Å². The number of allylic oxidation sites excluding steroid dienone is 3. The summed E-state index contributed by atoms with van der Waals surface area (Å²) in [6.45, 7) is 6.87. The van der Waals surface area contributed by atoms with Gasteiger partial charge in [-0.05, 0) is 31.9 Å². The van der Waals surface area contributed by atoms with Gasteiger partial charge in [0, 0.05) is 13.1 Å². The quantitative estimate of drug-likeness (QED) is 0.641. The van der Waals surface area contributed by atoms with Gasteiger partial charge in [0.2, 0.25) is 0 Å². The van der Waals surface area contributed by atoms with Crippen molar-refractivity contribution >= 4 is 22.0 Å². The Labute approximate surface area is 116 Å². The van der Waals surface area contributed by atoms with E-state index in [0.717, 1.165) is 0 Å². The molecule has 18 heavy (non-hydrogen) atoms. The zero-order valence-corrected chi connectivity index (χ0v) is 12.5. The highest BCUT2D eigenvalue weighted by molar-refractivity contribution is 9.09. The Morgan fingerprint density at radius 3 is 2.89 bits per heavy atom. The minimum Gasteiger partial charge on any atom is -0.444 e. The van der Waals surface area contributed by atoms with Gasteiger partial charge in [-0.15, -0.1) is 0 Å². The monoisotopic (exact) mass is 311 g/mol. The van der Waals surface area contributed by atoms with E-state index < -0.39 is 5.60 Å². The van der Waals surface area contributed by atoms with E-state index in [2.05, 4.69) is 34.2 Å². The lowest BCUT2D eigenvalue weighted by Crippen LogP contribution is -2.40. The summed E-state index contributed by atoms with van der Waals surface area (Å²) in [6, 6.07) is 0. The van der Waals surface area contributed by atoms with Crippen molar-refractivity contribution in [1.29, 1.82) is 0 Å². The highest BCUT2D eigenvalue weighted by atomic mass is 79.9. The zero-order chi connectivity index (χ0) is 13.3. The molecular weight excluding hydrogens is 294 g/mol. The fourth-order valence-corrected chi connectivity index (χ4v) is 2.64. The minimum atomic E-state index is -0.445. The number of carbonyl (C=O) groups excluding carboxylic acids is 1. The molecule has 1 heterocycles. The standard InChI is InChI=1S/C14H18BrNO2/c1-14(2,3)18-13(17)16-8-7-11-10(9-16)5-4-6-12(11)15/h4-7,12H,8-9H2,1-3H3. The minimum absolute atomic E-state index is 0.251. The summed E-state index contributed by atoms with van der Waals surface area (Å²) < 4.78 is 5.38. The molecule has 4 heteroatoms. The van der Waals surface area contributed by atoms with Gasteiger partial charge in [-0.3, -0.25) is 0 Å². The van der Waals surface area contributed by atoms with E-state index >= 15 is 0 Å². The Hall–Kier alpha value is -1.03. The van der Waals surface area contributed by atoms with Crippen LogP contribution in [0.3, 0.4) is 0 Å². The van der Waals surface area contributed by atoms with E-state index in [4.69, 9.17) is 4.74 Å². The molecule has 1 aliphatic carbocycles. The number of rotatable bonds is 0. The molecule has 2 aliphatic rings. The van der Waals surface area contributed by atoms with E-state index in [1.54, 1.807) is 4.90 Å². The number of nitrogens with zero attached hydrogens (tertiary/aromatic N) is 1. The van der Waals surface area contributed by atoms with Crippen LogP contribution in [0.25, 0.3) is 0 Å². The average molecular weight is 312 g/mol. The first-order valence-electron chi connectivity index (χ1n) is 6.06. The fourth-order valence-electron chi connectivity index (χ4n) is 1.98. The number of hydrogen-bond acceptors (Lipinski definition) is 2. The third-order valence-corrected chi connectivity index (χ3v) is 3.59. The number of halogens is 1. The Morgan fingerprint density at radius 1 is 1.50 bits per heavy atom. The molecule has 1 atom stereocenters. The van der Waals surface area contributed by atoms with Crippen LogP contribution >= 0.6 is 15.9 Å². The molecule has 0 aromatic carbocycles. The molecule has 0 aromatic heterocycles. The van der Waals surface area contributed by atoms with E-state index in [1.807, 2.05) is 26.8 Å². The maximum Gasteiger partial charge on any atom is 0.410 e. The third-order valence-electron chi connectivity index (χ3n) is 2.79. The largest absolute Gasteiger partial charge is 0.444 e. The fraction of sp³-hybridized carbons (Fsp3) is 0.500. The molecule has 3 nitrogen and oxygen atoms in total. The number of amides is 1. The molecule has 1 unspecified atom stereocenters. The van der Waals surface area contributed by atoms with Crippen LogP contribution in [-0.2, 0) is 4.74 Å². The second-order valence-corrected chi connectivity index (χ2v) is 6.49. The van der Waals surface area contributed by atoms with Crippen LogP contribution in [0.2, 0.25) is 0 Å². The topological polar surface area (TPSA) is 29.5 Å². The normalized spacial score (nSPS) is 23.1. The molecule has 0 saturated heterocycles. The van der Waals surface area contributed by atoms with Crippen LogP contribution in [0.5, 0.6) is 0 Å². The molecule has 0 spiro atoms. The van der Waals surface area contributed by atoms with Gasteiger partial charge >= 0.3 is 6.09 Å². The lowest BCUT2D eigenvalue weighted by molar-refractivity contribution is 0.0283. The average Bonchev–Trinajstić information content (AvgIpc) is 2.26. The SMILES string of the molecule is CC(C)(C)OC(=O)N1CC=C2C(=CC=CC2Br)C1. The Morgan fingerprint density at radius 2 is 2.22 bits per heavy atom. The second kappa shape index (κ2) is 4.92. The van der Waals surface area contributed by atoms with Crippen LogP contribution in [0.1, 0.15) is 20.8 Å². The molecule has 0 fully saturated rings. The van der Waals surface area contributed by atoms with Crippen LogP contribution in [0.15, 0.2) is 35.5 Å². The van der Waals surface area contributed by atoms with E-state index in [0.29, 0.717) is 13.1 Å². The number of hydrogen-bond donors (Lipinski definition) is 0. The van der Waals surface area contributed by atoms with Gasteiger partial charge in [-0.1, -0.05) is 40.2 Å². The number of ether oxygens (including phenoxy) is 1. The maximum absolute atomic E-state index is 12.0. The molecule has 0 N–H and O–H groups in total. The van der Waals surface area contributed by atoms with Crippen LogP contribution in [-0.4, -0.2) is 34.5 Å². The van der Waals surface area contributed by atoms with Crippen molar-refractivity contribution in [3.8, 4) is 0 Å². The van der Waals surface area contributed by atoms with E-state index in [-0.39, 0.29) is 10.9 Å². The number of carbonyl (C=O) groups is 1. The first kappa shape index (κ1) is 13.4. The molecule has 98 valence electrons. The van der Waals surface area contributed by atoms with Gasteiger partial charge < -0.3 is 9.64 Å². The molecule has 0 radical (unpaired) electrons. The van der Waals surface area contributed by atoms with Crippen molar-refractivity contribution in [2.45, 2.75) is 31.2 Å². The van der Waals surface area contributed by atoms with Gasteiger partial charge in [0.1, 0.15) is 5.60 Å². The van der Waals surface area contributed by atoms with Crippen molar-refractivity contribution in [3.63, 3.8) is 0 Å². The van der Waals surface area contributed by atoms with E-state index in [1.165, 1.54) is 11.1 Å².